The molecule has 19 heavy (non-hydrogen) atoms. The van der Waals surface area contributed by atoms with E-state index in [0.29, 0.717) is 5.41 Å². The molecule has 0 saturated carbocycles. The van der Waals surface area contributed by atoms with Gasteiger partial charge in [-0.2, -0.15) is 0 Å². The maximum absolute atomic E-state index is 2.40. The summed E-state index contributed by atoms with van der Waals surface area (Å²) in [4.78, 5) is 0. The van der Waals surface area contributed by atoms with Crippen LogP contribution in [0.15, 0.2) is 18.2 Å². The van der Waals surface area contributed by atoms with E-state index in [1.54, 1.807) is 0 Å². The van der Waals surface area contributed by atoms with E-state index < -0.39 is 0 Å². The second kappa shape index (κ2) is 4.96. The first-order valence-electron chi connectivity index (χ1n) is 7.44. The van der Waals surface area contributed by atoms with Crippen LogP contribution in [0.2, 0.25) is 0 Å². The average molecular weight is 260 g/mol. The molecule has 108 valence electrons. The predicted molar refractivity (Wildman–Crippen MR) is 87.0 cm³/mol. The summed E-state index contributed by atoms with van der Waals surface area (Å²) in [6.45, 7) is 20.7. The van der Waals surface area contributed by atoms with Crippen LogP contribution in [0, 0.1) is 5.41 Å². The maximum atomic E-state index is 2.40. The van der Waals surface area contributed by atoms with Gasteiger partial charge in [0.1, 0.15) is 0 Å². The summed E-state index contributed by atoms with van der Waals surface area (Å²) in [7, 11) is 0. The topological polar surface area (TPSA) is 0 Å². The van der Waals surface area contributed by atoms with Gasteiger partial charge in [0.2, 0.25) is 0 Å². The van der Waals surface area contributed by atoms with E-state index in [-0.39, 0.29) is 10.8 Å². The molecular formula is C19H32. The van der Waals surface area contributed by atoms with E-state index in [9.17, 15) is 0 Å². The molecule has 0 heterocycles. The summed E-state index contributed by atoms with van der Waals surface area (Å²) in [6.07, 6.45) is 1.14. The van der Waals surface area contributed by atoms with Gasteiger partial charge in [0.25, 0.3) is 0 Å². The molecule has 0 aromatic heterocycles. The largest absolute Gasteiger partial charge is 0.0599 e. The standard InChI is InChI=1S/C19H32/c1-17(2,3)13-14-10-15(18(4,5)6)12-16(11-14)19(7,8)9/h10-12H,13H2,1-9H3. The third kappa shape index (κ3) is 5.01. The molecule has 0 aliphatic heterocycles. The summed E-state index contributed by atoms with van der Waals surface area (Å²) < 4.78 is 0. The highest BCUT2D eigenvalue weighted by atomic mass is 14.3. The van der Waals surface area contributed by atoms with Gasteiger partial charge < -0.3 is 0 Å². The number of hydrogen-bond donors (Lipinski definition) is 0. The molecule has 0 saturated heterocycles. The average Bonchev–Trinajstić information content (AvgIpc) is 2.11. The van der Waals surface area contributed by atoms with Crippen LogP contribution in [-0.4, -0.2) is 0 Å². The van der Waals surface area contributed by atoms with E-state index >= 15 is 0 Å². The summed E-state index contributed by atoms with van der Waals surface area (Å²) in [5, 5.41) is 0. The van der Waals surface area contributed by atoms with Crippen molar-refractivity contribution < 1.29 is 0 Å². The fraction of sp³-hybridized carbons (Fsp3) is 0.684. The van der Waals surface area contributed by atoms with Crippen molar-refractivity contribution in [1.82, 2.24) is 0 Å². The van der Waals surface area contributed by atoms with Gasteiger partial charge in [-0.15, -0.1) is 0 Å². The fourth-order valence-electron chi connectivity index (χ4n) is 2.27. The molecule has 0 aliphatic carbocycles. The van der Waals surface area contributed by atoms with Gasteiger partial charge in [0.05, 0.1) is 0 Å². The summed E-state index contributed by atoms with van der Waals surface area (Å²) >= 11 is 0. The minimum Gasteiger partial charge on any atom is -0.0599 e. The van der Waals surface area contributed by atoms with Gasteiger partial charge in [-0.05, 0) is 39.4 Å². The van der Waals surface area contributed by atoms with Crippen molar-refractivity contribution in [2.45, 2.75) is 79.6 Å². The van der Waals surface area contributed by atoms with E-state index in [4.69, 9.17) is 0 Å². The first-order chi connectivity index (χ1) is 8.29. The Labute approximate surface area is 120 Å². The predicted octanol–water partition coefficient (Wildman–Crippen LogP) is 5.87. The smallest absolute Gasteiger partial charge is 0.0132 e. The lowest BCUT2D eigenvalue weighted by Crippen LogP contribution is -2.18. The van der Waals surface area contributed by atoms with Crippen molar-refractivity contribution in [3.05, 3.63) is 34.9 Å². The third-order valence-electron chi connectivity index (χ3n) is 3.46. The van der Waals surface area contributed by atoms with Crippen LogP contribution < -0.4 is 0 Å². The van der Waals surface area contributed by atoms with Crippen LogP contribution in [0.25, 0.3) is 0 Å². The van der Waals surface area contributed by atoms with Crippen LogP contribution in [0.3, 0.4) is 0 Å². The monoisotopic (exact) mass is 260 g/mol. The van der Waals surface area contributed by atoms with Gasteiger partial charge in [-0.25, -0.2) is 0 Å². The van der Waals surface area contributed by atoms with Crippen molar-refractivity contribution >= 4 is 0 Å². The van der Waals surface area contributed by atoms with E-state index in [2.05, 4.69) is 80.5 Å². The number of benzene rings is 1. The molecule has 0 N–H and O–H groups in total. The highest BCUT2D eigenvalue weighted by Crippen LogP contribution is 2.32. The minimum atomic E-state index is 0.216. The molecule has 0 fully saturated rings. The van der Waals surface area contributed by atoms with Crippen molar-refractivity contribution in [2.75, 3.05) is 0 Å². The number of hydrogen-bond acceptors (Lipinski definition) is 0. The van der Waals surface area contributed by atoms with Crippen molar-refractivity contribution in [1.29, 1.82) is 0 Å². The molecule has 0 nitrogen and oxygen atoms in total. The molecule has 0 heteroatoms. The zero-order valence-electron chi connectivity index (χ0n) is 14.4. The van der Waals surface area contributed by atoms with Crippen LogP contribution in [0.5, 0.6) is 0 Å². The van der Waals surface area contributed by atoms with Crippen molar-refractivity contribution in [3.8, 4) is 0 Å². The molecule has 0 spiro atoms. The minimum absolute atomic E-state index is 0.216. The van der Waals surface area contributed by atoms with Crippen LogP contribution >= 0.6 is 0 Å². The SMILES string of the molecule is CC(C)(C)Cc1cc(C(C)(C)C)cc(C(C)(C)C)c1. The first kappa shape index (κ1) is 16.3. The molecule has 0 amide bonds. The summed E-state index contributed by atoms with van der Waals surface area (Å²) in [5.74, 6) is 0. The molecule has 1 aromatic rings. The fourth-order valence-corrected chi connectivity index (χ4v) is 2.27. The van der Waals surface area contributed by atoms with Crippen LogP contribution in [0.4, 0.5) is 0 Å². The molecule has 0 atom stereocenters. The highest BCUT2D eigenvalue weighted by molar-refractivity contribution is 5.37. The Balaban J connectivity index is 3.33. The summed E-state index contributed by atoms with van der Waals surface area (Å²) in [5.41, 5.74) is 5.16. The lowest BCUT2D eigenvalue weighted by atomic mass is 9.77. The van der Waals surface area contributed by atoms with Gasteiger partial charge >= 0.3 is 0 Å². The number of rotatable bonds is 1. The Morgan fingerprint density at radius 1 is 0.632 bits per heavy atom. The molecule has 0 aliphatic rings. The second-order valence-corrected chi connectivity index (χ2v) is 9.16. The van der Waals surface area contributed by atoms with E-state index in [0.717, 1.165) is 6.42 Å². The molecular weight excluding hydrogens is 228 g/mol. The summed E-state index contributed by atoms with van der Waals surface area (Å²) in [6, 6.07) is 7.20. The Morgan fingerprint density at radius 2 is 1.00 bits per heavy atom. The maximum Gasteiger partial charge on any atom is -0.0132 e. The van der Waals surface area contributed by atoms with Gasteiger partial charge in [-0.1, -0.05) is 80.5 Å². The zero-order valence-corrected chi connectivity index (χ0v) is 14.4. The highest BCUT2D eigenvalue weighted by Gasteiger charge is 2.21. The molecule has 0 bridgehead atoms. The van der Waals surface area contributed by atoms with Gasteiger partial charge in [0.15, 0.2) is 0 Å². The zero-order chi connectivity index (χ0) is 15.1. The second-order valence-electron chi connectivity index (χ2n) is 9.16. The van der Waals surface area contributed by atoms with Gasteiger partial charge in [-0.3, -0.25) is 0 Å². The van der Waals surface area contributed by atoms with Crippen molar-refractivity contribution in [2.24, 2.45) is 5.41 Å². The Hall–Kier alpha value is -0.780. The normalized spacial score (nSPS) is 13.7. The Kier molecular flexibility index (Phi) is 4.25. The van der Waals surface area contributed by atoms with E-state index in [1.807, 2.05) is 0 Å². The lowest BCUT2D eigenvalue weighted by molar-refractivity contribution is 0.410. The third-order valence-corrected chi connectivity index (χ3v) is 3.46. The lowest BCUT2D eigenvalue weighted by Gasteiger charge is -2.28. The first-order valence-corrected chi connectivity index (χ1v) is 7.44. The quantitative estimate of drug-likeness (QED) is 0.592. The molecule has 0 radical (unpaired) electrons. The molecule has 1 rings (SSSR count). The van der Waals surface area contributed by atoms with Crippen LogP contribution in [-0.2, 0) is 17.3 Å². The van der Waals surface area contributed by atoms with Gasteiger partial charge in [0, 0.05) is 0 Å². The Bertz CT molecular complexity index is 398. The molecule has 0 unspecified atom stereocenters. The van der Waals surface area contributed by atoms with Crippen molar-refractivity contribution in [3.63, 3.8) is 0 Å². The van der Waals surface area contributed by atoms with Crippen LogP contribution in [0.1, 0.15) is 79.0 Å². The van der Waals surface area contributed by atoms with E-state index in [1.165, 1.54) is 16.7 Å². The Morgan fingerprint density at radius 3 is 1.26 bits per heavy atom. The molecule has 1 aromatic carbocycles.